The third-order valence-corrected chi connectivity index (χ3v) is 5.09. The Morgan fingerprint density at radius 3 is 2.52 bits per heavy atom. The van der Waals surface area contributed by atoms with E-state index in [0.717, 1.165) is 23.2 Å². The number of ketones is 1. The van der Waals surface area contributed by atoms with Gasteiger partial charge in [-0.05, 0) is 43.5 Å². The number of hydrogen-bond donors (Lipinski definition) is 1. The average Bonchev–Trinajstić information content (AvgIpc) is 2.66. The largest absolute Gasteiger partial charge is 0.452 e. The van der Waals surface area contributed by atoms with E-state index in [2.05, 4.69) is 5.32 Å². The zero-order chi connectivity index (χ0) is 19.8. The third kappa shape index (κ3) is 5.96. The molecule has 1 N–H and O–H groups in total. The summed E-state index contributed by atoms with van der Waals surface area (Å²) in [6.45, 7) is 5.06. The maximum atomic E-state index is 12.4. The number of anilines is 1. The van der Waals surface area contributed by atoms with Gasteiger partial charge in [0.2, 0.25) is 0 Å². The van der Waals surface area contributed by atoms with Gasteiger partial charge in [-0.1, -0.05) is 37.3 Å². The van der Waals surface area contributed by atoms with Crippen LogP contribution in [0, 0.1) is 6.92 Å². The number of hydrogen-bond acceptors (Lipinski definition) is 5. The first-order valence-corrected chi connectivity index (χ1v) is 9.67. The summed E-state index contributed by atoms with van der Waals surface area (Å²) in [5.74, 6) is -0.677. The van der Waals surface area contributed by atoms with Crippen LogP contribution in [0.25, 0.3) is 0 Å². The molecule has 0 aliphatic rings. The molecule has 142 valence electrons. The summed E-state index contributed by atoms with van der Waals surface area (Å²) in [6.07, 6.45) is 0.790. The van der Waals surface area contributed by atoms with Gasteiger partial charge in [-0.25, -0.2) is 4.79 Å². The number of aryl methyl sites for hydroxylation is 2. The summed E-state index contributed by atoms with van der Waals surface area (Å²) < 4.78 is 5.17. The summed E-state index contributed by atoms with van der Waals surface area (Å²) in [6, 6.07) is 12.7. The Labute approximate surface area is 163 Å². The Hall–Kier alpha value is -2.60. The van der Waals surface area contributed by atoms with Crippen LogP contribution in [-0.4, -0.2) is 30.0 Å². The van der Waals surface area contributed by atoms with E-state index in [1.807, 2.05) is 32.0 Å². The van der Waals surface area contributed by atoms with Crippen LogP contribution in [-0.2, 0) is 20.7 Å². The van der Waals surface area contributed by atoms with Crippen molar-refractivity contribution in [2.45, 2.75) is 32.1 Å². The highest BCUT2D eigenvalue weighted by molar-refractivity contribution is 8.00. The number of benzene rings is 2. The second-order valence-electron chi connectivity index (χ2n) is 6.07. The predicted octanol–water partition coefficient (Wildman–Crippen LogP) is 4.03. The molecule has 0 atom stereocenters. The molecule has 27 heavy (non-hydrogen) atoms. The normalized spacial score (nSPS) is 10.3. The molecule has 0 unspecified atom stereocenters. The van der Waals surface area contributed by atoms with E-state index in [1.54, 1.807) is 24.3 Å². The standard InChI is InChI=1S/C21H23NO4S/c1-4-16-9-7-8-14(2)20(16)22-19(24)12-26-21(25)17-10-5-6-11-18(17)27-13-15(3)23/h5-11H,4,12-13H2,1-3H3,(H,22,24). The maximum Gasteiger partial charge on any atom is 0.339 e. The zero-order valence-electron chi connectivity index (χ0n) is 15.7. The fraction of sp³-hybridized carbons (Fsp3) is 0.286. The van der Waals surface area contributed by atoms with Crippen LogP contribution in [0.15, 0.2) is 47.4 Å². The summed E-state index contributed by atoms with van der Waals surface area (Å²) in [5.41, 5.74) is 3.10. The summed E-state index contributed by atoms with van der Waals surface area (Å²) in [5, 5.41) is 2.83. The van der Waals surface area contributed by atoms with Crippen LogP contribution < -0.4 is 5.32 Å². The quantitative estimate of drug-likeness (QED) is 0.549. The average molecular weight is 385 g/mol. The zero-order valence-corrected chi connectivity index (χ0v) is 16.5. The van der Waals surface area contributed by atoms with Crippen molar-refractivity contribution in [2.75, 3.05) is 17.7 Å². The van der Waals surface area contributed by atoms with Crippen LogP contribution in [0.3, 0.4) is 0 Å². The number of thioether (sulfide) groups is 1. The molecule has 0 bridgehead atoms. The number of esters is 1. The fourth-order valence-electron chi connectivity index (χ4n) is 2.53. The van der Waals surface area contributed by atoms with Gasteiger partial charge in [0.25, 0.3) is 5.91 Å². The molecule has 1 amide bonds. The van der Waals surface area contributed by atoms with Gasteiger partial charge in [0.05, 0.1) is 11.3 Å². The Kier molecular flexibility index (Phi) is 7.61. The molecule has 0 saturated carbocycles. The van der Waals surface area contributed by atoms with Crippen LogP contribution in [0.1, 0.15) is 35.3 Å². The Bertz CT molecular complexity index is 848. The van der Waals surface area contributed by atoms with Crippen molar-refractivity contribution in [3.63, 3.8) is 0 Å². The molecule has 0 aliphatic carbocycles. The minimum atomic E-state index is -0.586. The number of Topliss-reactive ketones (excluding diaryl/α,β-unsaturated/α-hetero) is 1. The highest BCUT2D eigenvalue weighted by Crippen LogP contribution is 2.24. The lowest BCUT2D eigenvalue weighted by Gasteiger charge is -2.13. The fourth-order valence-corrected chi connectivity index (χ4v) is 3.37. The molecule has 2 aromatic carbocycles. The lowest BCUT2D eigenvalue weighted by atomic mass is 10.1. The number of ether oxygens (including phenoxy) is 1. The van der Waals surface area contributed by atoms with Crippen LogP contribution in [0.5, 0.6) is 0 Å². The van der Waals surface area contributed by atoms with E-state index >= 15 is 0 Å². The van der Waals surface area contributed by atoms with Gasteiger partial charge in [-0.15, -0.1) is 11.8 Å². The summed E-state index contributed by atoms with van der Waals surface area (Å²) in [4.78, 5) is 36.4. The van der Waals surface area contributed by atoms with Crippen molar-refractivity contribution in [2.24, 2.45) is 0 Å². The lowest BCUT2D eigenvalue weighted by Crippen LogP contribution is -2.22. The number of carbonyl (C=O) groups excluding carboxylic acids is 3. The van der Waals surface area contributed by atoms with E-state index in [1.165, 1.54) is 18.7 Å². The third-order valence-electron chi connectivity index (χ3n) is 3.88. The van der Waals surface area contributed by atoms with Crippen LogP contribution in [0.2, 0.25) is 0 Å². The smallest absolute Gasteiger partial charge is 0.339 e. The van der Waals surface area contributed by atoms with Crippen LogP contribution in [0.4, 0.5) is 5.69 Å². The van der Waals surface area contributed by atoms with Gasteiger partial charge in [0, 0.05) is 10.6 Å². The second kappa shape index (κ2) is 9.92. The van der Waals surface area contributed by atoms with Crippen molar-refractivity contribution in [1.82, 2.24) is 0 Å². The molecular formula is C21H23NO4S. The molecule has 5 nitrogen and oxygen atoms in total. The molecule has 0 aromatic heterocycles. The van der Waals surface area contributed by atoms with E-state index in [0.29, 0.717) is 10.5 Å². The van der Waals surface area contributed by atoms with Gasteiger partial charge >= 0.3 is 5.97 Å². The van der Waals surface area contributed by atoms with Gasteiger partial charge in [0.1, 0.15) is 5.78 Å². The Balaban J connectivity index is 2.00. The highest BCUT2D eigenvalue weighted by atomic mass is 32.2. The van der Waals surface area contributed by atoms with Gasteiger partial charge in [-0.2, -0.15) is 0 Å². The molecule has 2 rings (SSSR count). The minimum absolute atomic E-state index is 0.0208. The first kappa shape index (κ1) is 20.7. The lowest BCUT2D eigenvalue weighted by molar-refractivity contribution is -0.119. The molecule has 0 aliphatic heterocycles. The van der Waals surface area contributed by atoms with Crippen molar-refractivity contribution < 1.29 is 19.1 Å². The van der Waals surface area contributed by atoms with Crippen LogP contribution >= 0.6 is 11.8 Å². The van der Waals surface area contributed by atoms with E-state index in [-0.39, 0.29) is 24.1 Å². The molecule has 0 heterocycles. The second-order valence-corrected chi connectivity index (χ2v) is 7.09. The van der Waals surface area contributed by atoms with Crippen molar-refractivity contribution in [1.29, 1.82) is 0 Å². The van der Waals surface area contributed by atoms with E-state index in [9.17, 15) is 14.4 Å². The molecular weight excluding hydrogens is 362 g/mol. The first-order chi connectivity index (χ1) is 12.9. The van der Waals surface area contributed by atoms with E-state index < -0.39 is 5.97 Å². The van der Waals surface area contributed by atoms with Gasteiger partial charge < -0.3 is 10.1 Å². The summed E-state index contributed by atoms with van der Waals surface area (Å²) >= 11 is 1.28. The first-order valence-electron chi connectivity index (χ1n) is 8.69. The predicted molar refractivity (Wildman–Crippen MR) is 107 cm³/mol. The molecule has 0 spiro atoms. The van der Waals surface area contributed by atoms with Gasteiger partial charge in [-0.3, -0.25) is 9.59 Å². The number of nitrogens with one attached hydrogen (secondary N) is 1. The number of rotatable bonds is 8. The Morgan fingerprint density at radius 1 is 1.07 bits per heavy atom. The minimum Gasteiger partial charge on any atom is -0.452 e. The maximum absolute atomic E-state index is 12.4. The van der Waals surface area contributed by atoms with Crippen molar-refractivity contribution in [3.05, 3.63) is 59.2 Å². The van der Waals surface area contributed by atoms with Crippen molar-refractivity contribution in [3.8, 4) is 0 Å². The van der Waals surface area contributed by atoms with E-state index in [4.69, 9.17) is 4.74 Å². The highest BCUT2D eigenvalue weighted by Gasteiger charge is 2.16. The van der Waals surface area contributed by atoms with Crippen molar-refractivity contribution >= 4 is 35.1 Å². The molecule has 0 fully saturated rings. The SMILES string of the molecule is CCc1cccc(C)c1NC(=O)COC(=O)c1ccccc1SCC(C)=O. The molecule has 6 heteroatoms. The number of carbonyl (C=O) groups is 3. The monoisotopic (exact) mass is 385 g/mol. The topological polar surface area (TPSA) is 72.5 Å². The molecule has 2 aromatic rings. The van der Waals surface area contributed by atoms with Gasteiger partial charge in [0.15, 0.2) is 6.61 Å². The number of amides is 1. The summed E-state index contributed by atoms with van der Waals surface area (Å²) in [7, 11) is 0. The molecule has 0 radical (unpaired) electrons. The Morgan fingerprint density at radius 2 is 1.81 bits per heavy atom. The molecule has 0 saturated heterocycles. The number of para-hydroxylation sites is 1.